The Labute approximate surface area is 137 Å². The van der Waals surface area contributed by atoms with Crippen molar-refractivity contribution in [3.05, 3.63) is 40.7 Å². The van der Waals surface area contributed by atoms with Gasteiger partial charge >= 0.3 is 0 Å². The van der Waals surface area contributed by atoms with Gasteiger partial charge in [-0.15, -0.1) is 15.3 Å². The molecule has 118 valence electrons. The van der Waals surface area contributed by atoms with Gasteiger partial charge in [0, 0.05) is 11.6 Å². The molecule has 0 atom stereocenters. The van der Waals surface area contributed by atoms with Gasteiger partial charge in [0.05, 0.1) is 0 Å². The van der Waals surface area contributed by atoms with Crippen molar-refractivity contribution in [3.8, 4) is 0 Å². The zero-order valence-electron chi connectivity index (χ0n) is 13.0. The van der Waals surface area contributed by atoms with E-state index in [1.165, 1.54) is 16.9 Å². The molecule has 1 N–H and O–H groups in total. The lowest BCUT2D eigenvalue weighted by atomic mass is 10.0. The quantitative estimate of drug-likeness (QED) is 0.797. The third-order valence-corrected chi connectivity index (χ3v) is 4.88. The molecule has 0 spiro atoms. The number of hydrogen-bond acceptors (Lipinski definition) is 5. The maximum Gasteiger partial charge on any atom is 0.286 e. The molecule has 0 radical (unpaired) electrons. The summed E-state index contributed by atoms with van der Waals surface area (Å²) in [5.41, 5.74) is 2.02. The molecule has 2 aromatic heterocycles. The molecule has 1 aromatic carbocycles. The summed E-state index contributed by atoms with van der Waals surface area (Å²) in [5.74, 6) is 1.59. The third-order valence-electron chi connectivity index (χ3n) is 3.99. The predicted molar refractivity (Wildman–Crippen MR) is 89.1 cm³/mol. The summed E-state index contributed by atoms with van der Waals surface area (Å²) in [4.78, 5) is 13.0. The number of amides is 1. The van der Waals surface area contributed by atoms with Gasteiger partial charge in [-0.2, -0.15) is 4.52 Å². The van der Waals surface area contributed by atoms with Crippen LogP contribution in [0.15, 0.2) is 24.3 Å². The number of rotatable bonds is 4. The highest BCUT2D eigenvalue weighted by atomic mass is 32.1. The van der Waals surface area contributed by atoms with Gasteiger partial charge in [-0.25, -0.2) is 0 Å². The lowest BCUT2D eigenvalue weighted by Crippen LogP contribution is -2.12. The fraction of sp³-hybridized carbons (Fsp3) is 0.375. The Balaban J connectivity index is 1.54. The molecule has 0 bridgehead atoms. The summed E-state index contributed by atoms with van der Waals surface area (Å²) in [5, 5.41) is 15.9. The zero-order valence-corrected chi connectivity index (χ0v) is 13.8. The molecular weight excluding hydrogens is 310 g/mol. The van der Waals surface area contributed by atoms with Gasteiger partial charge in [0.15, 0.2) is 5.82 Å². The monoisotopic (exact) mass is 327 g/mol. The van der Waals surface area contributed by atoms with Gasteiger partial charge in [0.2, 0.25) is 9.97 Å². The van der Waals surface area contributed by atoms with Crippen molar-refractivity contribution in [3.63, 3.8) is 0 Å². The van der Waals surface area contributed by atoms with E-state index in [0.29, 0.717) is 21.8 Å². The molecule has 0 saturated heterocycles. The van der Waals surface area contributed by atoms with E-state index >= 15 is 0 Å². The topological polar surface area (TPSA) is 72.2 Å². The standard InChI is InChI=1S/C16H17N5OS/c1-9(2)10-5-7-12(8-6-10)17-14(22)15-20-21-13(11-3-4-11)18-19-16(21)23-15/h5-9,11H,3-4H2,1-2H3,(H,17,22). The highest BCUT2D eigenvalue weighted by Gasteiger charge is 2.30. The highest BCUT2D eigenvalue weighted by Crippen LogP contribution is 2.39. The van der Waals surface area contributed by atoms with E-state index in [4.69, 9.17) is 0 Å². The Kier molecular flexibility index (Phi) is 3.37. The first kappa shape index (κ1) is 14.3. The third kappa shape index (κ3) is 2.72. The molecule has 0 unspecified atom stereocenters. The van der Waals surface area contributed by atoms with Crippen LogP contribution in [0.5, 0.6) is 0 Å². The molecule has 1 aliphatic carbocycles. The van der Waals surface area contributed by atoms with Crippen molar-refractivity contribution in [2.75, 3.05) is 5.32 Å². The van der Waals surface area contributed by atoms with Crippen molar-refractivity contribution < 1.29 is 4.79 Å². The minimum Gasteiger partial charge on any atom is -0.320 e. The van der Waals surface area contributed by atoms with Gasteiger partial charge in [0.25, 0.3) is 5.91 Å². The van der Waals surface area contributed by atoms with Crippen LogP contribution in [0.25, 0.3) is 4.96 Å². The predicted octanol–water partition coefficient (Wildman–Crippen LogP) is 3.44. The van der Waals surface area contributed by atoms with Crippen molar-refractivity contribution in [1.82, 2.24) is 19.8 Å². The van der Waals surface area contributed by atoms with Gasteiger partial charge in [-0.3, -0.25) is 4.79 Å². The number of nitrogens with one attached hydrogen (secondary N) is 1. The lowest BCUT2D eigenvalue weighted by molar-refractivity contribution is 0.102. The van der Waals surface area contributed by atoms with Crippen LogP contribution >= 0.6 is 11.3 Å². The summed E-state index contributed by atoms with van der Waals surface area (Å²) < 4.78 is 1.71. The second kappa shape index (κ2) is 5.42. The molecule has 1 fully saturated rings. The molecule has 3 aromatic rings. The Bertz CT molecular complexity index is 860. The second-order valence-corrected chi connectivity index (χ2v) is 7.12. The molecule has 1 saturated carbocycles. The smallest absolute Gasteiger partial charge is 0.286 e. The second-order valence-electron chi connectivity index (χ2n) is 6.16. The number of aromatic nitrogens is 4. The number of benzene rings is 1. The molecule has 23 heavy (non-hydrogen) atoms. The molecule has 2 heterocycles. The van der Waals surface area contributed by atoms with Crippen molar-refractivity contribution in [1.29, 1.82) is 0 Å². The summed E-state index contributed by atoms with van der Waals surface area (Å²) >= 11 is 1.26. The highest BCUT2D eigenvalue weighted by molar-refractivity contribution is 7.18. The summed E-state index contributed by atoms with van der Waals surface area (Å²) in [6, 6.07) is 7.90. The Morgan fingerprint density at radius 1 is 1.26 bits per heavy atom. The van der Waals surface area contributed by atoms with E-state index in [1.54, 1.807) is 4.52 Å². The van der Waals surface area contributed by atoms with E-state index in [9.17, 15) is 4.79 Å². The van der Waals surface area contributed by atoms with E-state index in [-0.39, 0.29) is 5.91 Å². The normalized spacial score (nSPS) is 14.6. The number of carbonyl (C=O) groups is 1. The maximum atomic E-state index is 12.4. The largest absolute Gasteiger partial charge is 0.320 e. The van der Waals surface area contributed by atoms with E-state index in [2.05, 4.69) is 34.5 Å². The number of anilines is 1. The molecule has 7 heteroatoms. The SMILES string of the molecule is CC(C)c1ccc(NC(=O)c2nn3c(C4CC4)nnc3s2)cc1. The van der Waals surface area contributed by atoms with Crippen LogP contribution < -0.4 is 5.32 Å². The molecule has 6 nitrogen and oxygen atoms in total. The maximum absolute atomic E-state index is 12.4. The van der Waals surface area contributed by atoms with Crippen LogP contribution in [0.2, 0.25) is 0 Å². The molecule has 1 amide bonds. The zero-order chi connectivity index (χ0) is 16.0. The first-order chi connectivity index (χ1) is 11.1. The van der Waals surface area contributed by atoms with E-state index in [0.717, 1.165) is 24.4 Å². The summed E-state index contributed by atoms with van der Waals surface area (Å²) in [6.45, 7) is 4.29. The summed E-state index contributed by atoms with van der Waals surface area (Å²) in [6.07, 6.45) is 2.25. The van der Waals surface area contributed by atoms with Crippen LogP contribution in [0.3, 0.4) is 0 Å². The van der Waals surface area contributed by atoms with Crippen molar-refractivity contribution >= 4 is 27.9 Å². The average Bonchev–Trinajstić information content (AvgIpc) is 3.15. The van der Waals surface area contributed by atoms with Crippen LogP contribution in [0.4, 0.5) is 5.69 Å². The lowest BCUT2D eigenvalue weighted by Gasteiger charge is -2.07. The van der Waals surface area contributed by atoms with Crippen molar-refractivity contribution in [2.45, 2.75) is 38.5 Å². The first-order valence-corrected chi connectivity index (χ1v) is 8.57. The number of nitrogens with zero attached hydrogens (tertiary/aromatic N) is 4. The van der Waals surface area contributed by atoms with Gasteiger partial charge in [-0.05, 0) is 36.5 Å². The Morgan fingerprint density at radius 2 is 2.00 bits per heavy atom. The van der Waals surface area contributed by atoms with Crippen LogP contribution in [-0.2, 0) is 0 Å². The van der Waals surface area contributed by atoms with Crippen molar-refractivity contribution in [2.24, 2.45) is 0 Å². The Morgan fingerprint density at radius 3 is 2.65 bits per heavy atom. The molecule has 1 aliphatic rings. The fourth-order valence-corrected chi connectivity index (χ4v) is 3.20. The number of carbonyl (C=O) groups excluding carboxylic acids is 1. The van der Waals surface area contributed by atoms with E-state index < -0.39 is 0 Å². The molecule has 0 aliphatic heterocycles. The Hall–Kier alpha value is -2.28. The van der Waals surface area contributed by atoms with E-state index in [1.807, 2.05) is 24.3 Å². The minimum absolute atomic E-state index is 0.209. The average molecular weight is 327 g/mol. The van der Waals surface area contributed by atoms with Gasteiger partial charge in [-0.1, -0.05) is 37.3 Å². The first-order valence-electron chi connectivity index (χ1n) is 7.75. The summed E-state index contributed by atoms with van der Waals surface area (Å²) in [7, 11) is 0. The number of fused-ring (bicyclic) bond motifs is 1. The van der Waals surface area contributed by atoms with Crippen LogP contribution in [0, 0.1) is 0 Å². The van der Waals surface area contributed by atoms with Crippen LogP contribution in [0.1, 0.15) is 59.7 Å². The van der Waals surface area contributed by atoms with Gasteiger partial charge in [0.1, 0.15) is 0 Å². The number of hydrogen-bond donors (Lipinski definition) is 1. The molecular formula is C16H17N5OS. The van der Waals surface area contributed by atoms with Crippen LogP contribution in [-0.4, -0.2) is 25.7 Å². The van der Waals surface area contributed by atoms with Gasteiger partial charge < -0.3 is 5.32 Å². The molecule has 4 rings (SSSR count). The minimum atomic E-state index is -0.209. The fourth-order valence-electron chi connectivity index (χ4n) is 2.46.